The molecule has 0 aromatic heterocycles. The monoisotopic (exact) mass is 277 g/mol. The first-order valence-corrected chi connectivity index (χ1v) is 7.05. The smallest absolute Gasteiger partial charge is 0.245 e. The Hall–Kier alpha value is -1.59. The van der Waals surface area contributed by atoms with Crippen molar-refractivity contribution in [3.63, 3.8) is 0 Å². The molecule has 0 aliphatic carbocycles. The molecule has 1 aliphatic heterocycles. The van der Waals surface area contributed by atoms with Gasteiger partial charge in [-0.3, -0.25) is 4.79 Å². The Balaban J connectivity index is 2.19. The molecule has 3 N–H and O–H groups in total. The lowest BCUT2D eigenvalue weighted by Crippen LogP contribution is -2.55. The minimum atomic E-state index is -0.279. The van der Waals surface area contributed by atoms with Crippen molar-refractivity contribution in [3.8, 4) is 0 Å². The highest BCUT2D eigenvalue weighted by molar-refractivity contribution is 5.85. The second-order valence-electron chi connectivity index (χ2n) is 5.32. The fraction of sp³-hybridized carbons (Fsp3) is 0.533. The fourth-order valence-corrected chi connectivity index (χ4v) is 2.37. The summed E-state index contributed by atoms with van der Waals surface area (Å²) in [7, 11) is 0. The zero-order valence-corrected chi connectivity index (χ0v) is 12.1. The van der Waals surface area contributed by atoms with Crippen molar-refractivity contribution in [3.05, 3.63) is 29.8 Å². The van der Waals surface area contributed by atoms with Crippen molar-refractivity contribution >= 4 is 11.6 Å². The third-order valence-corrected chi connectivity index (χ3v) is 3.34. The highest BCUT2D eigenvalue weighted by Crippen LogP contribution is 2.21. The zero-order valence-electron chi connectivity index (χ0n) is 12.1. The molecule has 0 radical (unpaired) electrons. The van der Waals surface area contributed by atoms with Crippen molar-refractivity contribution < 1.29 is 9.53 Å². The third-order valence-electron chi connectivity index (χ3n) is 3.34. The van der Waals surface area contributed by atoms with Crippen LogP contribution in [0.2, 0.25) is 0 Å². The van der Waals surface area contributed by atoms with Gasteiger partial charge in [-0.25, -0.2) is 0 Å². The van der Waals surface area contributed by atoms with Gasteiger partial charge in [-0.1, -0.05) is 12.1 Å². The van der Waals surface area contributed by atoms with Gasteiger partial charge in [0.15, 0.2) is 0 Å². The van der Waals surface area contributed by atoms with Crippen LogP contribution in [0.4, 0.5) is 5.69 Å². The molecule has 1 saturated heterocycles. The number of morpholine rings is 1. The van der Waals surface area contributed by atoms with Crippen molar-refractivity contribution in [2.24, 2.45) is 5.73 Å². The molecule has 0 bridgehead atoms. The quantitative estimate of drug-likeness (QED) is 0.857. The predicted molar refractivity (Wildman–Crippen MR) is 79.6 cm³/mol. The Bertz CT molecular complexity index is 462. The summed E-state index contributed by atoms with van der Waals surface area (Å²) >= 11 is 0. The maximum atomic E-state index is 12.3. The standard InChI is InChI=1S/C15H23N3O2/c1-11(2)17-15(19)14-10-20-7-6-18(14)13-5-3-4-12(8-13)9-16/h3-5,8,11,14H,6-7,9-10,16H2,1-2H3,(H,17,19). The number of ether oxygens (including phenoxy) is 1. The lowest BCUT2D eigenvalue weighted by molar-refractivity contribution is -0.125. The highest BCUT2D eigenvalue weighted by Gasteiger charge is 2.29. The second-order valence-corrected chi connectivity index (χ2v) is 5.32. The van der Waals surface area contributed by atoms with Gasteiger partial charge in [-0.05, 0) is 31.5 Å². The lowest BCUT2D eigenvalue weighted by Gasteiger charge is -2.36. The van der Waals surface area contributed by atoms with Crippen molar-refractivity contribution in [2.75, 3.05) is 24.7 Å². The number of carbonyl (C=O) groups is 1. The van der Waals surface area contributed by atoms with E-state index in [0.29, 0.717) is 26.3 Å². The maximum absolute atomic E-state index is 12.3. The summed E-state index contributed by atoms with van der Waals surface area (Å²) in [5.74, 6) is 0.0119. The number of nitrogens with two attached hydrogens (primary N) is 1. The van der Waals surface area contributed by atoms with Gasteiger partial charge < -0.3 is 20.7 Å². The van der Waals surface area contributed by atoms with Crippen molar-refractivity contribution in [1.82, 2.24) is 5.32 Å². The van der Waals surface area contributed by atoms with Crippen LogP contribution >= 0.6 is 0 Å². The third kappa shape index (κ3) is 3.49. The van der Waals surface area contributed by atoms with E-state index in [-0.39, 0.29) is 18.0 Å². The Kier molecular flexibility index (Phi) is 4.98. The Morgan fingerprint density at radius 1 is 1.55 bits per heavy atom. The molecular weight excluding hydrogens is 254 g/mol. The first-order valence-electron chi connectivity index (χ1n) is 7.05. The number of nitrogens with one attached hydrogen (secondary N) is 1. The van der Waals surface area contributed by atoms with Crippen molar-refractivity contribution in [1.29, 1.82) is 0 Å². The van der Waals surface area contributed by atoms with E-state index in [4.69, 9.17) is 10.5 Å². The van der Waals surface area contributed by atoms with E-state index in [1.54, 1.807) is 0 Å². The van der Waals surface area contributed by atoms with E-state index < -0.39 is 0 Å². The number of anilines is 1. The fourth-order valence-electron chi connectivity index (χ4n) is 2.37. The average molecular weight is 277 g/mol. The van der Waals surface area contributed by atoms with Gasteiger partial charge in [0.2, 0.25) is 5.91 Å². The summed E-state index contributed by atoms with van der Waals surface area (Å²) in [6.45, 7) is 6.19. The molecule has 5 heteroatoms. The van der Waals surface area contributed by atoms with Gasteiger partial charge in [0.05, 0.1) is 13.2 Å². The molecule has 1 aromatic carbocycles. The van der Waals surface area contributed by atoms with E-state index in [1.165, 1.54) is 0 Å². The van der Waals surface area contributed by atoms with Crippen LogP contribution in [0.5, 0.6) is 0 Å². The minimum Gasteiger partial charge on any atom is -0.377 e. The largest absolute Gasteiger partial charge is 0.377 e. The molecule has 110 valence electrons. The summed E-state index contributed by atoms with van der Waals surface area (Å²) < 4.78 is 5.47. The van der Waals surface area contributed by atoms with Crippen LogP contribution < -0.4 is 16.0 Å². The van der Waals surface area contributed by atoms with Crippen LogP contribution in [-0.4, -0.2) is 37.7 Å². The van der Waals surface area contributed by atoms with Crippen molar-refractivity contribution in [2.45, 2.75) is 32.5 Å². The van der Waals surface area contributed by atoms with Gasteiger partial charge in [0, 0.05) is 24.8 Å². The van der Waals surface area contributed by atoms with Crippen LogP contribution in [0.25, 0.3) is 0 Å². The predicted octanol–water partition coefficient (Wildman–Crippen LogP) is 0.875. The van der Waals surface area contributed by atoms with Crippen LogP contribution in [0.15, 0.2) is 24.3 Å². The number of rotatable bonds is 4. The normalized spacial score (nSPS) is 19.2. The van der Waals surface area contributed by atoms with Crippen LogP contribution in [0, 0.1) is 0 Å². The number of hydrogen-bond donors (Lipinski definition) is 2. The Morgan fingerprint density at radius 2 is 2.35 bits per heavy atom. The van der Waals surface area contributed by atoms with Gasteiger partial charge in [0.25, 0.3) is 0 Å². The number of amides is 1. The number of carbonyl (C=O) groups excluding carboxylic acids is 1. The molecule has 0 spiro atoms. The first-order chi connectivity index (χ1) is 9.61. The minimum absolute atomic E-state index is 0.0119. The van der Waals surface area contributed by atoms with Crippen LogP contribution in [-0.2, 0) is 16.1 Å². The molecule has 0 saturated carbocycles. The highest BCUT2D eigenvalue weighted by atomic mass is 16.5. The summed E-state index contributed by atoms with van der Waals surface area (Å²) in [4.78, 5) is 14.4. The zero-order chi connectivity index (χ0) is 14.5. The Morgan fingerprint density at radius 3 is 3.05 bits per heavy atom. The molecule has 2 rings (SSSR count). The second kappa shape index (κ2) is 6.72. The molecule has 1 heterocycles. The number of benzene rings is 1. The van der Waals surface area contributed by atoms with Gasteiger partial charge >= 0.3 is 0 Å². The molecule has 1 atom stereocenters. The van der Waals surface area contributed by atoms with E-state index in [9.17, 15) is 4.79 Å². The van der Waals surface area contributed by atoms with E-state index in [2.05, 4.69) is 10.2 Å². The summed E-state index contributed by atoms with van der Waals surface area (Å²) in [6.07, 6.45) is 0. The van der Waals surface area contributed by atoms with E-state index >= 15 is 0 Å². The SMILES string of the molecule is CC(C)NC(=O)C1COCCN1c1cccc(CN)c1. The number of hydrogen-bond acceptors (Lipinski definition) is 4. The molecule has 1 aliphatic rings. The summed E-state index contributed by atoms with van der Waals surface area (Å²) in [6, 6.07) is 7.87. The molecule has 1 fully saturated rings. The molecular formula is C15H23N3O2. The maximum Gasteiger partial charge on any atom is 0.245 e. The molecule has 1 aromatic rings. The van der Waals surface area contributed by atoms with E-state index in [1.807, 2.05) is 38.1 Å². The van der Waals surface area contributed by atoms with Gasteiger partial charge in [-0.15, -0.1) is 0 Å². The van der Waals surface area contributed by atoms with Crippen LogP contribution in [0.1, 0.15) is 19.4 Å². The average Bonchev–Trinajstić information content (AvgIpc) is 2.46. The molecule has 20 heavy (non-hydrogen) atoms. The molecule has 1 amide bonds. The van der Waals surface area contributed by atoms with E-state index in [0.717, 1.165) is 11.3 Å². The molecule has 5 nitrogen and oxygen atoms in total. The van der Waals surface area contributed by atoms with Gasteiger partial charge in [0.1, 0.15) is 6.04 Å². The summed E-state index contributed by atoms with van der Waals surface area (Å²) in [5, 5.41) is 2.96. The topological polar surface area (TPSA) is 67.6 Å². The number of nitrogens with zero attached hydrogens (tertiary/aromatic N) is 1. The van der Waals surface area contributed by atoms with Crippen LogP contribution in [0.3, 0.4) is 0 Å². The first kappa shape index (κ1) is 14.8. The lowest BCUT2D eigenvalue weighted by atomic mass is 10.1. The molecule has 1 unspecified atom stereocenters. The van der Waals surface area contributed by atoms with Gasteiger partial charge in [-0.2, -0.15) is 0 Å². The Labute approximate surface area is 120 Å². The summed E-state index contributed by atoms with van der Waals surface area (Å²) in [5.41, 5.74) is 7.78.